The number of rotatable bonds is 11. The fraction of sp³-hybridized carbons (Fsp3) is 1.00. The Hall–Kier alpha value is -0.0800. The molecule has 1 aliphatic carbocycles. The highest BCUT2D eigenvalue weighted by Crippen LogP contribution is 2.38. The molecule has 2 heteroatoms. The van der Waals surface area contributed by atoms with Gasteiger partial charge in [0.15, 0.2) is 0 Å². The molecule has 1 fully saturated rings. The summed E-state index contributed by atoms with van der Waals surface area (Å²) in [4.78, 5) is 0. The molecule has 2 nitrogen and oxygen atoms in total. The summed E-state index contributed by atoms with van der Waals surface area (Å²) < 4.78 is 6.15. The van der Waals surface area contributed by atoms with E-state index in [4.69, 9.17) is 4.74 Å². The zero-order valence-corrected chi connectivity index (χ0v) is 11.9. The van der Waals surface area contributed by atoms with E-state index < -0.39 is 0 Å². The van der Waals surface area contributed by atoms with Gasteiger partial charge in [0.1, 0.15) is 0 Å². The highest BCUT2D eigenvalue weighted by molar-refractivity contribution is 4.90. The molecule has 0 bridgehead atoms. The van der Waals surface area contributed by atoms with Crippen molar-refractivity contribution in [2.75, 3.05) is 19.7 Å². The molecule has 102 valence electrons. The van der Waals surface area contributed by atoms with Crippen molar-refractivity contribution in [1.82, 2.24) is 5.32 Å². The van der Waals surface area contributed by atoms with E-state index in [9.17, 15) is 0 Å². The Morgan fingerprint density at radius 2 is 1.82 bits per heavy atom. The van der Waals surface area contributed by atoms with Crippen LogP contribution in [0.3, 0.4) is 0 Å². The summed E-state index contributed by atoms with van der Waals surface area (Å²) in [5, 5.41) is 3.41. The van der Waals surface area contributed by atoms with Crippen molar-refractivity contribution >= 4 is 0 Å². The van der Waals surface area contributed by atoms with E-state index >= 15 is 0 Å². The van der Waals surface area contributed by atoms with Crippen LogP contribution in [0.15, 0.2) is 0 Å². The van der Waals surface area contributed by atoms with Gasteiger partial charge in [0, 0.05) is 6.61 Å². The molecule has 0 aromatic rings. The predicted octanol–water partition coefficient (Wildman–Crippen LogP) is 3.90. The molecule has 0 atom stereocenters. The molecule has 0 aromatic heterocycles. The topological polar surface area (TPSA) is 21.3 Å². The van der Waals surface area contributed by atoms with Gasteiger partial charge in [-0.25, -0.2) is 0 Å². The molecule has 0 amide bonds. The zero-order valence-electron chi connectivity index (χ0n) is 11.9. The minimum absolute atomic E-state index is 0.257. The SMILES string of the molecule is CCCCCCCOC1(CCNCC)CCC1. The van der Waals surface area contributed by atoms with Gasteiger partial charge in [0.05, 0.1) is 5.60 Å². The lowest BCUT2D eigenvalue weighted by molar-refractivity contribution is -0.105. The van der Waals surface area contributed by atoms with E-state index in [2.05, 4.69) is 19.2 Å². The summed E-state index contributed by atoms with van der Waals surface area (Å²) in [6.45, 7) is 7.61. The standard InChI is InChI=1S/C15H31NO/c1-3-5-6-7-8-14-17-15(10-9-11-15)12-13-16-4-2/h16H,3-14H2,1-2H3. The molecule has 17 heavy (non-hydrogen) atoms. The van der Waals surface area contributed by atoms with Gasteiger partial charge in [-0.15, -0.1) is 0 Å². The first-order valence-corrected chi connectivity index (χ1v) is 7.67. The van der Waals surface area contributed by atoms with Gasteiger partial charge in [-0.05, 0) is 45.2 Å². The Balaban J connectivity index is 2.01. The molecule has 0 aromatic carbocycles. The van der Waals surface area contributed by atoms with E-state index in [-0.39, 0.29) is 5.60 Å². The second kappa shape index (κ2) is 8.93. The molecule has 0 unspecified atom stereocenters. The number of hydrogen-bond acceptors (Lipinski definition) is 2. The fourth-order valence-electron chi connectivity index (χ4n) is 2.52. The third kappa shape index (κ3) is 5.87. The monoisotopic (exact) mass is 241 g/mol. The molecule has 0 aliphatic heterocycles. The molecular formula is C15H31NO. The van der Waals surface area contributed by atoms with Crippen LogP contribution in [0.5, 0.6) is 0 Å². The highest BCUT2D eigenvalue weighted by Gasteiger charge is 2.37. The molecule has 1 N–H and O–H groups in total. The average Bonchev–Trinajstić information content (AvgIpc) is 2.29. The lowest BCUT2D eigenvalue weighted by Crippen LogP contribution is -2.42. The lowest BCUT2D eigenvalue weighted by atomic mass is 9.77. The number of hydrogen-bond donors (Lipinski definition) is 1. The Morgan fingerprint density at radius 3 is 2.41 bits per heavy atom. The van der Waals surface area contributed by atoms with Gasteiger partial charge < -0.3 is 10.1 Å². The van der Waals surface area contributed by atoms with Crippen molar-refractivity contribution in [2.45, 2.75) is 77.2 Å². The summed E-state index contributed by atoms with van der Waals surface area (Å²) in [5.41, 5.74) is 0.257. The predicted molar refractivity (Wildman–Crippen MR) is 74.5 cm³/mol. The summed E-state index contributed by atoms with van der Waals surface area (Å²) in [7, 11) is 0. The Kier molecular flexibility index (Phi) is 7.87. The molecular weight excluding hydrogens is 210 g/mol. The van der Waals surface area contributed by atoms with Crippen LogP contribution in [0.1, 0.15) is 71.6 Å². The van der Waals surface area contributed by atoms with Gasteiger partial charge in [-0.2, -0.15) is 0 Å². The maximum absolute atomic E-state index is 6.15. The van der Waals surface area contributed by atoms with E-state index in [1.165, 1.54) is 57.8 Å². The van der Waals surface area contributed by atoms with Gasteiger partial charge in [0.25, 0.3) is 0 Å². The van der Waals surface area contributed by atoms with Crippen LogP contribution in [0, 0.1) is 0 Å². The first kappa shape index (κ1) is 15.0. The summed E-state index contributed by atoms with van der Waals surface area (Å²) in [6.07, 6.45) is 11.8. The van der Waals surface area contributed by atoms with Gasteiger partial charge >= 0.3 is 0 Å². The molecule has 0 heterocycles. The molecule has 1 saturated carbocycles. The first-order chi connectivity index (χ1) is 8.33. The quantitative estimate of drug-likeness (QED) is 0.554. The van der Waals surface area contributed by atoms with Crippen LogP contribution in [0.2, 0.25) is 0 Å². The van der Waals surface area contributed by atoms with Crippen molar-refractivity contribution in [2.24, 2.45) is 0 Å². The number of unbranched alkanes of at least 4 members (excludes halogenated alkanes) is 4. The van der Waals surface area contributed by atoms with Crippen LogP contribution < -0.4 is 5.32 Å². The molecule has 1 rings (SSSR count). The van der Waals surface area contributed by atoms with Crippen LogP contribution in [0.4, 0.5) is 0 Å². The lowest BCUT2D eigenvalue weighted by Gasteiger charge is -2.42. The van der Waals surface area contributed by atoms with Crippen molar-refractivity contribution in [3.05, 3.63) is 0 Å². The van der Waals surface area contributed by atoms with E-state index in [0.29, 0.717) is 0 Å². The Bertz CT molecular complexity index is 178. The van der Waals surface area contributed by atoms with Gasteiger partial charge in [-0.1, -0.05) is 39.5 Å². The van der Waals surface area contributed by atoms with Crippen molar-refractivity contribution in [3.63, 3.8) is 0 Å². The summed E-state index contributed by atoms with van der Waals surface area (Å²) in [5.74, 6) is 0. The molecule has 0 radical (unpaired) electrons. The van der Waals surface area contributed by atoms with Crippen molar-refractivity contribution in [3.8, 4) is 0 Å². The average molecular weight is 241 g/mol. The molecule has 0 saturated heterocycles. The number of ether oxygens (including phenoxy) is 1. The fourth-order valence-corrected chi connectivity index (χ4v) is 2.52. The zero-order chi connectivity index (χ0) is 12.4. The first-order valence-electron chi connectivity index (χ1n) is 7.67. The largest absolute Gasteiger partial charge is 0.375 e. The van der Waals surface area contributed by atoms with Crippen molar-refractivity contribution < 1.29 is 4.74 Å². The van der Waals surface area contributed by atoms with Crippen LogP contribution in [-0.4, -0.2) is 25.3 Å². The third-order valence-electron chi connectivity index (χ3n) is 3.93. The second-order valence-corrected chi connectivity index (χ2v) is 5.40. The van der Waals surface area contributed by atoms with Crippen LogP contribution >= 0.6 is 0 Å². The normalized spacial score (nSPS) is 18.0. The van der Waals surface area contributed by atoms with Crippen molar-refractivity contribution in [1.29, 1.82) is 0 Å². The Labute approximate surface area is 108 Å². The maximum Gasteiger partial charge on any atom is 0.0694 e. The minimum atomic E-state index is 0.257. The molecule has 1 aliphatic rings. The van der Waals surface area contributed by atoms with Gasteiger partial charge in [0.2, 0.25) is 0 Å². The smallest absolute Gasteiger partial charge is 0.0694 e. The van der Waals surface area contributed by atoms with Gasteiger partial charge in [-0.3, -0.25) is 0 Å². The molecule has 0 spiro atoms. The summed E-state index contributed by atoms with van der Waals surface area (Å²) >= 11 is 0. The maximum atomic E-state index is 6.15. The van der Waals surface area contributed by atoms with E-state index in [1.54, 1.807) is 0 Å². The van der Waals surface area contributed by atoms with Crippen LogP contribution in [0.25, 0.3) is 0 Å². The highest BCUT2D eigenvalue weighted by atomic mass is 16.5. The van der Waals surface area contributed by atoms with Crippen LogP contribution in [-0.2, 0) is 4.74 Å². The second-order valence-electron chi connectivity index (χ2n) is 5.40. The third-order valence-corrected chi connectivity index (χ3v) is 3.93. The van der Waals surface area contributed by atoms with E-state index in [0.717, 1.165) is 19.7 Å². The Morgan fingerprint density at radius 1 is 1.06 bits per heavy atom. The minimum Gasteiger partial charge on any atom is -0.375 e. The van der Waals surface area contributed by atoms with E-state index in [1.807, 2.05) is 0 Å². The summed E-state index contributed by atoms with van der Waals surface area (Å²) in [6, 6.07) is 0. The number of nitrogens with one attached hydrogen (secondary N) is 1.